The maximum atomic E-state index is 13.7. The summed E-state index contributed by atoms with van der Waals surface area (Å²) in [5, 5.41) is 1.54. The van der Waals surface area contributed by atoms with Crippen LogP contribution in [0.25, 0.3) is 0 Å². The quantitative estimate of drug-likeness (QED) is 0.338. The van der Waals surface area contributed by atoms with Crippen molar-refractivity contribution in [2.75, 3.05) is 5.32 Å². The van der Waals surface area contributed by atoms with Crippen molar-refractivity contribution in [3.63, 3.8) is 0 Å². The molecular formula is C20H12F18N4. The van der Waals surface area contributed by atoms with Gasteiger partial charge in [-0.3, -0.25) is 0 Å². The fraction of sp³-hybridized carbons (Fsp3) is 0.550. The minimum atomic E-state index is -7.74. The fourth-order valence-corrected chi connectivity index (χ4v) is 3.98. The number of benzene rings is 1. The molecule has 0 amide bonds. The fourth-order valence-electron chi connectivity index (χ4n) is 3.98. The van der Waals surface area contributed by atoms with E-state index < -0.39 is 71.2 Å². The number of anilines is 2. The van der Waals surface area contributed by atoms with Crippen LogP contribution in [-0.2, 0) is 10.8 Å². The minimum absolute atomic E-state index is 0.140. The topological polar surface area (TPSA) is 50.7 Å². The summed E-state index contributed by atoms with van der Waals surface area (Å²) in [6.45, 7) is 3.57. The first kappa shape index (κ1) is 35.0. The molecule has 0 aliphatic carbocycles. The van der Waals surface area contributed by atoms with Crippen LogP contribution in [0.15, 0.2) is 12.1 Å². The number of hydrogen-bond acceptors (Lipinski definition) is 4. The van der Waals surface area contributed by atoms with Gasteiger partial charge >= 0.3 is 47.9 Å². The molecular weight excluding hydrogens is 638 g/mol. The number of hydrogen-bond donors (Lipinski definition) is 1. The Balaban J connectivity index is 3.33. The van der Waals surface area contributed by atoms with Crippen LogP contribution >= 0.6 is 0 Å². The van der Waals surface area contributed by atoms with Gasteiger partial charge in [-0.2, -0.15) is 89.0 Å². The molecule has 0 aliphatic rings. The van der Waals surface area contributed by atoms with Gasteiger partial charge in [-0.15, -0.1) is 0 Å². The van der Waals surface area contributed by atoms with Crippen molar-refractivity contribution in [1.82, 2.24) is 15.0 Å². The molecule has 0 saturated carbocycles. The number of aryl methyl sites for hydroxylation is 3. The van der Waals surface area contributed by atoms with E-state index in [0.717, 1.165) is 26.0 Å². The van der Waals surface area contributed by atoms with Crippen LogP contribution in [0.1, 0.15) is 28.3 Å². The lowest BCUT2D eigenvalue weighted by Crippen LogP contribution is -2.66. The lowest BCUT2D eigenvalue weighted by molar-refractivity contribution is -0.391. The van der Waals surface area contributed by atoms with Crippen molar-refractivity contribution in [3.05, 3.63) is 40.5 Å². The van der Waals surface area contributed by atoms with Crippen molar-refractivity contribution >= 4 is 11.6 Å². The summed E-state index contributed by atoms with van der Waals surface area (Å²) in [6, 6.07) is 2.30. The number of alkyl halides is 18. The Morgan fingerprint density at radius 2 is 0.714 bits per heavy atom. The third kappa shape index (κ3) is 5.24. The maximum Gasteiger partial charge on any atom is 0.419 e. The minimum Gasteiger partial charge on any atom is -0.324 e. The molecule has 2 aromatic rings. The maximum absolute atomic E-state index is 13.7. The zero-order valence-corrected chi connectivity index (χ0v) is 20.3. The van der Waals surface area contributed by atoms with Gasteiger partial charge in [0.2, 0.25) is 5.95 Å². The van der Waals surface area contributed by atoms with Crippen LogP contribution < -0.4 is 5.32 Å². The van der Waals surface area contributed by atoms with Crippen molar-refractivity contribution in [2.45, 2.75) is 68.7 Å². The molecule has 1 aromatic heterocycles. The van der Waals surface area contributed by atoms with E-state index in [9.17, 15) is 79.0 Å². The van der Waals surface area contributed by atoms with E-state index in [1.165, 1.54) is 17.2 Å². The molecule has 22 heteroatoms. The van der Waals surface area contributed by atoms with E-state index in [-0.39, 0.29) is 11.1 Å². The third-order valence-corrected chi connectivity index (χ3v) is 5.77. The molecule has 0 unspecified atom stereocenters. The van der Waals surface area contributed by atoms with Crippen molar-refractivity contribution in [1.29, 1.82) is 0 Å². The van der Waals surface area contributed by atoms with E-state index >= 15 is 0 Å². The van der Waals surface area contributed by atoms with Crippen molar-refractivity contribution in [3.8, 4) is 0 Å². The average Bonchev–Trinajstić information content (AvgIpc) is 2.64. The lowest BCUT2D eigenvalue weighted by Gasteiger charge is -2.39. The average molecular weight is 650 g/mol. The monoisotopic (exact) mass is 650 g/mol. The molecule has 0 spiro atoms. The van der Waals surface area contributed by atoms with Gasteiger partial charge < -0.3 is 5.32 Å². The first-order valence-corrected chi connectivity index (χ1v) is 10.4. The summed E-state index contributed by atoms with van der Waals surface area (Å²) in [7, 11) is 0. The second-order valence-corrected chi connectivity index (χ2v) is 8.69. The lowest BCUT2D eigenvalue weighted by atomic mass is 9.82. The highest BCUT2D eigenvalue weighted by molar-refractivity contribution is 5.64. The molecule has 238 valence electrons. The van der Waals surface area contributed by atoms with E-state index in [2.05, 4.69) is 9.97 Å². The van der Waals surface area contributed by atoms with Gasteiger partial charge in [0.25, 0.3) is 0 Å². The van der Waals surface area contributed by atoms with Crippen LogP contribution in [0.4, 0.5) is 90.7 Å². The number of nitrogens with zero attached hydrogens (tertiary/aromatic N) is 3. The van der Waals surface area contributed by atoms with E-state index in [0.29, 0.717) is 5.56 Å². The van der Waals surface area contributed by atoms with Gasteiger partial charge in [-0.1, -0.05) is 17.7 Å². The second-order valence-electron chi connectivity index (χ2n) is 8.69. The standard InChI is InChI=1S/C20H12F18N4/c1-6-4-7(2)9(8(3)5-6)39-12-41-10(13(15(21,22)23,16(24,25)26)17(27,28)29)40-11(42-12)14(18(30,31)32,19(33,34)35)20(36,37)38/h4-5H,1-3H3,(H,39,40,41,42). The highest BCUT2D eigenvalue weighted by Crippen LogP contribution is 2.62. The molecule has 1 heterocycles. The Morgan fingerprint density at radius 3 is 0.952 bits per heavy atom. The highest BCUT2D eigenvalue weighted by atomic mass is 19.4. The molecule has 2 rings (SSSR count). The molecule has 0 aliphatic heterocycles. The van der Waals surface area contributed by atoms with Gasteiger partial charge in [0.15, 0.2) is 11.6 Å². The van der Waals surface area contributed by atoms with Gasteiger partial charge in [0, 0.05) is 5.69 Å². The second kappa shape index (κ2) is 9.91. The summed E-state index contributed by atoms with van der Waals surface area (Å²) < 4.78 is 246. The number of halogens is 18. The van der Waals surface area contributed by atoms with Crippen LogP contribution in [0.5, 0.6) is 0 Å². The number of rotatable bonds is 4. The van der Waals surface area contributed by atoms with Crippen molar-refractivity contribution in [2.24, 2.45) is 0 Å². The van der Waals surface area contributed by atoms with Gasteiger partial charge in [0.1, 0.15) is 0 Å². The van der Waals surface area contributed by atoms with E-state index in [1.807, 2.05) is 0 Å². The third-order valence-electron chi connectivity index (χ3n) is 5.77. The number of aromatic nitrogens is 3. The first-order chi connectivity index (χ1) is 18.4. The molecule has 0 bridgehead atoms. The van der Waals surface area contributed by atoms with Crippen LogP contribution in [-0.4, -0.2) is 52.0 Å². The summed E-state index contributed by atoms with van der Waals surface area (Å²) >= 11 is 0. The van der Waals surface area contributed by atoms with Crippen LogP contribution in [0.3, 0.4) is 0 Å². The Labute approximate surface area is 221 Å². The Bertz CT molecular complexity index is 1150. The Kier molecular flexibility index (Phi) is 8.25. The zero-order chi connectivity index (χ0) is 33.3. The Hall–Kier alpha value is -3.23. The van der Waals surface area contributed by atoms with Gasteiger partial charge in [0.05, 0.1) is 0 Å². The summed E-state index contributed by atoms with van der Waals surface area (Å²) in [4.78, 5) is 5.73. The van der Waals surface area contributed by atoms with Crippen molar-refractivity contribution < 1.29 is 79.0 Å². The number of nitrogens with one attached hydrogen (secondary N) is 1. The predicted molar refractivity (Wildman–Crippen MR) is 103 cm³/mol. The van der Waals surface area contributed by atoms with E-state index in [4.69, 9.17) is 0 Å². The normalized spacial score (nSPS) is 14.8. The molecule has 0 atom stereocenters. The van der Waals surface area contributed by atoms with E-state index in [1.54, 1.807) is 0 Å². The zero-order valence-electron chi connectivity index (χ0n) is 20.3. The summed E-state index contributed by atoms with van der Waals surface area (Å²) in [5.41, 5.74) is -15.5. The van der Waals surface area contributed by atoms with Crippen LogP contribution in [0, 0.1) is 20.8 Å². The highest BCUT2D eigenvalue weighted by Gasteiger charge is 2.89. The Morgan fingerprint density at radius 1 is 0.452 bits per heavy atom. The first-order valence-electron chi connectivity index (χ1n) is 10.4. The largest absolute Gasteiger partial charge is 0.419 e. The summed E-state index contributed by atoms with van der Waals surface area (Å²) in [5.74, 6) is -10.4. The molecule has 42 heavy (non-hydrogen) atoms. The summed E-state index contributed by atoms with van der Waals surface area (Å²) in [6.07, 6.45) is -46.5. The SMILES string of the molecule is Cc1cc(C)c(Nc2nc(C(C(F)(F)F)(C(F)(F)F)C(F)(F)F)nc(C(C(F)(F)F)(C(F)(F)F)C(F)(F)F)n2)c(C)c1. The molecule has 0 saturated heterocycles. The van der Waals surface area contributed by atoms with Gasteiger partial charge in [-0.25, -0.2) is 4.98 Å². The smallest absolute Gasteiger partial charge is 0.324 e. The molecule has 0 radical (unpaired) electrons. The molecule has 0 fully saturated rings. The molecule has 1 aromatic carbocycles. The molecule has 1 N–H and O–H groups in total. The van der Waals surface area contributed by atoms with Gasteiger partial charge in [-0.05, 0) is 31.9 Å². The predicted octanol–water partition coefficient (Wildman–Crippen LogP) is 8.39. The molecule has 4 nitrogen and oxygen atoms in total. The van der Waals surface area contributed by atoms with Crippen LogP contribution in [0.2, 0.25) is 0 Å².